The fourth-order valence-electron chi connectivity index (χ4n) is 1.88. The molecule has 1 saturated heterocycles. The van der Waals surface area contributed by atoms with E-state index in [2.05, 4.69) is 10.3 Å². The summed E-state index contributed by atoms with van der Waals surface area (Å²) in [7, 11) is 0. The van der Waals surface area contributed by atoms with Crippen LogP contribution in [0.2, 0.25) is 0 Å². The van der Waals surface area contributed by atoms with Crippen LogP contribution in [-0.2, 0) is 11.3 Å². The van der Waals surface area contributed by atoms with E-state index < -0.39 is 6.55 Å². The fraction of sp³-hybridized carbons (Fsp3) is 0.700. The van der Waals surface area contributed by atoms with Crippen molar-refractivity contribution in [3.05, 3.63) is 18.2 Å². The molecule has 16 heavy (non-hydrogen) atoms. The highest BCUT2D eigenvalue weighted by Crippen LogP contribution is 2.15. The number of nitrogens with one attached hydrogen (secondary N) is 1. The molecule has 6 heteroatoms. The molecule has 1 aromatic heterocycles. The van der Waals surface area contributed by atoms with Crippen LogP contribution in [0.1, 0.15) is 25.7 Å². The molecule has 90 valence electrons. The molecular formula is C10H15F2N3O. The number of halogens is 2. The van der Waals surface area contributed by atoms with Gasteiger partial charge in [0.15, 0.2) is 0 Å². The van der Waals surface area contributed by atoms with Crippen LogP contribution in [0.5, 0.6) is 0 Å². The molecular weight excluding hydrogens is 216 g/mol. The lowest BCUT2D eigenvalue weighted by molar-refractivity contribution is 0.0661. The van der Waals surface area contributed by atoms with Gasteiger partial charge in [0, 0.05) is 25.0 Å². The average Bonchev–Trinajstić information content (AvgIpc) is 2.83. The molecule has 0 spiro atoms. The Bertz CT molecular complexity index is 343. The predicted octanol–water partition coefficient (Wildman–Crippen LogP) is 1.55. The highest BCUT2D eigenvalue weighted by atomic mass is 19.3. The van der Waals surface area contributed by atoms with Crippen LogP contribution in [-0.4, -0.2) is 28.3 Å². The summed E-state index contributed by atoms with van der Waals surface area (Å²) in [5.41, 5.74) is 0. The lowest BCUT2D eigenvalue weighted by atomic mass is 10.1. The number of nitrogens with zero attached hydrogens (tertiary/aromatic N) is 2. The molecule has 0 bridgehead atoms. The lowest BCUT2D eigenvalue weighted by Gasteiger charge is -2.16. The van der Waals surface area contributed by atoms with E-state index in [0.29, 0.717) is 12.4 Å². The third kappa shape index (κ3) is 2.38. The summed E-state index contributed by atoms with van der Waals surface area (Å²) in [5.74, 6) is 0.356. The zero-order valence-corrected chi connectivity index (χ0v) is 9.07. The van der Waals surface area contributed by atoms with Gasteiger partial charge in [-0.15, -0.1) is 0 Å². The van der Waals surface area contributed by atoms with Crippen LogP contribution in [0.4, 0.5) is 8.78 Å². The molecule has 1 fully saturated rings. The standard InChI is InChI=1S/C10H15F2N3O/c1-7-8(2-5-16-7)14-6-9-13-3-4-15(9)10(11)12/h3-4,7-8,10,14H,2,5-6H2,1H3. The molecule has 0 saturated carbocycles. The Labute approximate surface area is 92.6 Å². The molecule has 2 atom stereocenters. The summed E-state index contributed by atoms with van der Waals surface area (Å²) in [4.78, 5) is 3.90. The Morgan fingerprint density at radius 1 is 1.69 bits per heavy atom. The van der Waals surface area contributed by atoms with Gasteiger partial charge in [-0.2, -0.15) is 8.78 Å². The van der Waals surface area contributed by atoms with Crippen molar-refractivity contribution in [1.29, 1.82) is 0 Å². The smallest absolute Gasteiger partial charge is 0.319 e. The monoisotopic (exact) mass is 231 g/mol. The van der Waals surface area contributed by atoms with Crippen molar-refractivity contribution in [2.24, 2.45) is 0 Å². The third-order valence-corrected chi connectivity index (χ3v) is 2.86. The number of imidazole rings is 1. The first kappa shape index (κ1) is 11.5. The molecule has 0 aromatic carbocycles. The van der Waals surface area contributed by atoms with E-state index in [1.54, 1.807) is 0 Å². The maximum Gasteiger partial charge on any atom is 0.319 e. The van der Waals surface area contributed by atoms with E-state index in [-0.39, 0.29) is 12.1 Å². The van der Waals surface area contributed by atoms with Crippen molar-refractivity contribution in [1.82, 2.24) is 14.9 Å². The maximum atomic E-state index is 12.5. The van der Waals surface area contributed by atoms with E-state index in [9.17, 15) is 8.78 Å². The van der Waals surface area contributed by atoms with Crippen LogP contribution in [0, 0.1) is 0 Å². The molecule has 1 aliphatic rings. The van der Waals surface area contributed by atoms with Crippen molar-refractivity contribution in [2.75, 3.05) is 6.61 Å². The number of aromatic nitrogens is 2. The first-order valence-corrected chi connectivity index (χ1v) is 5.33. The fourth-order valence-corrected chi connectivity index (χ4v) is 1.88. The van der Waals surface area contributed by atoms with Gasteiger partial charge in [-0.1, -0.05) is 0 Å². The van der Waals surface area contributed by atoms with Crippen molar-refractivity contribution < 1.29 is 13.5 Å². The Kier molecular flexibility index (Phi) is 3.50. The summed E-state index contributed by atoms with van der Waals surface area (Å²) in [6.07, 6.45) is 3.72. The van der Waals surface area contributed by atoms with Gasteiger partial charge in [-0.05, 0) is 13.3 Å². The number of hydrogen-bond donors (Lipinski definition) is 1. The van der Waals surface area contributed by atoms with Gasteiger partial charge in [0.1, 0.15) is 5.82 Å². The van der Waals surface area contributed by atoms with E-state index in [0.717, 1.165) is 17.6 Å². The second-order valence-electron chi connectivity index (χ2n) is 3.88. The summed E-state index contributed by atoms with van der Waals surface area (Å²) < 4.78 is 31.3. The quantitative estimate of drug-likeness (QED) is 0.854. The van der Waals surface area contributed by atoms with E-state index in [1.807, 2.05) is 6.92 Å². The predicted molar refractivity (Wildman–Crippen MR) is 54.1 cm³/mol. The lowest BCUT2D eigenvalue weighted by Crippen LogP contribution is -2.35. The largest absolute Gasteiger partial charge is 0.377 e. The summed E-state index contributed by atoms with van der Waals surface area (Å²) in [6, 6.07) is 0.225. The number of alkyl halides is 2. The van der Waals surface area contributed by atoms with Gasteiger partial charge in [0.05, 0.1) is 12.6 Å². The Hall–Kier alpha value is -1.01. The first-order chi connectivity index (χ1) is 7.68. The molecule has 0 radical (unpaired) electrons. The minimum Gasteiger partial charge on any atom is -0.377 e. The van der Waals surface area contributed by atoms with Crippen LogP contribution < -0.4 is 5.32 Å². The van der Waals surface area contributed by atoms with Gasteiger partial charge in [-0.25, -0.2) is 4.98 Å². The van der Waals surface area contributed by atoms with Gasteiger partial charge >= 0.3 is 6.55 Å². The highest BCUT2D eigenvalue weighted by molar-refractivity contribution is 4.93. The normalized spacial score (nSPS) is 25.5. The summed E-state index contributed by atoms with van der Waals surface area (Å²) in [6.45, 7) is 0.513. The van der Waals surface area contributed by atoms with Crippen LogP contribution in [0.15, 0.2) is 12.4 Å². The third-order valence-electron chi connectivity index (χ3n) is 2.86. The number of ether oxygens (including phenoxy) is 1. The van der Waals surface area contributed by atoms with Crippen LogP contribution in [0.25, 0.3) is 0 Å². The Morgan fingerprint density at radius 3 is 3.12 bits per heavy atom. The molecule has 2 rings (SSSR count). The molecule has 2 heterocycles. The van der Waals surface area contributed by atoms with Crippen LogP contribution >= 0.6 is 0 Å². The second kappa shape index (κ2) is 4.88. The van der Waals surface area contributed by atoms with E-state index >= 15 is 0 Å². The zero-order chi connectivity index (χ0) is 11.5. The van der Waals surface area contributed by atoms with E-state index in [4.69, 9.17) is 4.74 Å². The molecule has 1 aromatic rings. The first-order valence-electron chi connectivity index (χ1n) is 5.33. The van der Waals surface area contributed by atoms with Crippen molar-refractivity contribution >= 4 is 0 Å². The molecule has 2 unspecified atom stereocenters. The zero-order valence-electron chi connectivity index (χ0n) is 9.07. The minimum absolute atomic E-state index is 0.134. The molecule has 1 N–H and O–H groups in total. The molecule has 4 nitrogen and oxygen atoms in total. The Balaban J connectivity index is 1.91. The second-order valence-corrected chi connectivity index (χ2v) is 3.88. The van der Waals surface area contributed by atoms with Gasteiger partial charge in [0.25, 0.3) is 0 Å². The van der Waals surface area contributed by atoms with Crippen LogP contribution in [0.3, 0.4) is 0 Å². The molecule has 1 aliphatic heterocycles. The highest BCUT2D eigenvalue weighted by Gasteiger charge is 2.24. The summed E-state index contributed by atoms with van der Waals surface area (Å²) >= 11 is 0. The topological polar surface area (TPSA) is 39.1 Å². The van der Waals surface area contributed by atoms with Gasteiger partial charge < -0.3 is 10.1 Å². The minimum atomic E-state index is -2.53. The van der Waals surface area contributed by atoms with E-state index in [1.165, 1.54) is 12.4 Å². The average molecular weight is 231 g/mol. The van der Waals surface area contributed by atoms with Crippen molar-refractivity contribution in [2.45, 2.75) is 38.6 Å². The van der Waals surface area contributed by atoms with Gasteiger partial charge in [-0.3, -0.25) is 4.57 Å². The van der Waals surface area contributed by atoms with Crippen molar-refractivity contribution in [3.63, 3.8) is 0 Å². The number of rotatable bonds is 4. The van der Waals surface area contributed by atoms with Gasteiger partial charge in [0.2, 0.25) is 0 Å². The maximum absolute atomic E-state index is 12.5. The van der Waals surface area contributed by atoms with Crippen molar-refractivity contribution in [3.8, 4) is 0 Å². The number of hydrogen-bond acceptors (Lipinski definition) is 3. The summed E-state index contributed by atoms with van der Waals surface area (Å²) in [5, 5.41) is 3.19. The Morgan fingerprint density at radius 2 is 2.50 bits per heavy atom. The molecule has 0 aliphatic carbocycles. The SMILES string of the molecule is CC1OCCC1NCc1nccn1C(F)F. The molecule has 0 amide bonds.